The number of unbranched alkanes of at least 4 members (excludes halogenated alkanes) is 2. The molecular formula is C33H60O3Si2. The minimum atomic E-state index is -1.90. The van der Waals surface area contributed by atoms with Gasteiger partial charge in [0.05, 0.1) is 6.10 Å². The van der Waals surface area contributed by atoms with Crippen LogP contribution in [0.5, 0.6) is 5.75 Å². The topological polar surface area (TPSA) is 38.7 Å². The quantitative estimate of drug-likeness (QED) is 0.216. The predicted molar refractivity (Wildman–Crippen MR) is 168 cm³/mol. The van der Waals surface area contributed by atoms with E-state index in [1.54, 1.807) is 0 Å². The van der Waals surface area contributed by atoms with Gasteiger partial charge < -0.3 is 14.0 Å². The Morgan fingerprint density at radius 2 is 1.58 bits per heavy atom. The summed E-state index contributed by atoms with van der Waals surface area (Å²) in [6.07, 6.45) is 10.0. The molecule has 3 nitrogen and oxygen atoms in total. The van der Waals surface area contributed by atoms with Gasteiger partial charge in [-0.15, -0.1) is 0 Å². The fraction of sp³-hybridized carbons (Fsp3) is 0.818. The highest BCUT2D eigenvalue weighted by Crippen LogP contribution is 2.52. The zero-order valence-corrected chi connectivity index (χ0v) is 28.7. The molecule has 0 aliphatic heterocycles. The largest absolute Gasteiger partial charge is 0.543 e. The van der Waals surface area contributed by atoms with Crippen LogP contribution in [0.2, 0.25) is 36.3 Å². The summed E-state index contributed by atoms with van der Waals surface area (Å²) in [7, 11) is -3.79. The Hall–Kier alpha value is -0.626. The lowest BCUT2D eigenvalue weighted by molar-refractivity contribution is 0.0924. The Morgan fingerprint density at radius 3 is 2.18 bits per heavy atom. The van der Waals surface area contributed by atoms with Crippen LogP contribution in [-0.4, -0.2) is 33.9 Å². The van der Waals surface area contributed by atoms with E-state index in [1.807, 2.05) is 0 Å². The minimum Gasteiger partial charge on any atom is -0.543 e. The Bertz CT molecular complexity index is 912. The normalized spacial score (nSPS) is 25.2. The van der Waals surface area contributed by atoms with Gasteiger partial charge in [0, 0.05) is 6.10 Å². The predicted octanol–water partition coefficient (Wildman–Crippen LogP) is 9.53. The molecule has 0 aromatic heterocycles. The first-order valence-corrected chi connectivity index (χ1v) is 21.4. The summed E-state index contributed by atoms with van der Waals surface area (Å²) in [5.41, 5.74) is 2.95. The van der Waals surface area contributed by atoms with Gasteiger partial charge in [-0.25, -0.2) is 0 Å². The molecule has 2 aliphatic carbocycles. The Labute approximate surface area is 237 Å². The standard InChI is InChI=1S/C33H60O3Si2/c1-12-13-14-17-26(34)19-20-27-28-21-24-16-15-18-30(35-37(8,9)32(2,3)4)29(24)22-25(28)23-31(27)36-38(10,11)33(5,6)7/h15-16,18,25-28,31,34H,12-14,17,19-23H2,1-11H3/t25-,26-,27+,28-,31+/m0/s1. The average molecular weight is 561 g/mol. The van der Waals surface area contributed by atoms with Crippen molar-refractivity contribution in [1.82, 2.24) is 0 Å². The van der Waals surface area contributed by atoms with Crippen LogP contribution in [0.4, 0.5) is 0 Å². The van der Waals surface area contributed by atoms with Crippen LogP contribution in [0, 0.1) is 17.8 Å². The summed E-state index contributed by atoms with van der Waals surface area (Å²) < 4.78 is 14.1. The van der Waals surface area contributed by atoms with Crippen molar-refractivity contribution in [3.63, 3.8) is 0 Å². The van der Waals surface area contributed by atoms with E-state index < -0.39 is 16.6 Å². The first kappa shape index (κ1) is 31.9. The van der Waals surface area contributed by atoms with Crippen molar-refractivity contribution in [3.8, 4) is 5.75 Å². The van der Waals surface area contributed by atoms with Crippen molar-refractivity contribution >= 4 is 16.6 Å². The van der Waals surface area contributed by atoms with E-state index in [-0.39, 0.29) is 16.2 Å². The van der Waals surface area contributed by atoms with E-state index in [2.05, 4.69) is 92.9 Å². The molecule has 1 aromatic carbocycles. The number of aliphatic hydroxyl groups is 1. The van der Waals surface area contributed by atoms with Crippen LogP contribution in [0.25, 0.3) is 0 Å². The highest BCUT2D eigenvalue weighted by Gasteiger charge is 2.50. The summed E-state index contributed by atoms with van der Waals surface area (Å²) in [6, 6.07) is 6.79. The van der Waals surface area contributed by atoms with E-state index in [1.165, 1.54) is 24.0 Å². The molecule has 0 heterocycles. The second-order valence-electron chi connectivity index (χ2n) is 15.6. The van der Waals surface area contributed by atoms with Gasteiger partial charge in [-0.1, -0.05) is 79.9 Å². The number of aliphatic hydroxyl groups excluding tert-OH is 1. The molecule has 1 N–H and O–H groups in total. The van der Waals surface area contributed by atoms with E-state index >= 15 is 0 Å². The maximum Gasteiger partial charge on any atom is 0.250 e. The molecule has 0 bridgehead atoms. The van der Waals surface area contributed by atoms with Gasteiger partial charge in [-0.2, -0.15) is 0 Å². The fourth-order valence-electron chi connectivity index (χ4n) is 6.15. The van der Waals surface area contributed by atoms with Gasteiger partial charge in [-0.05, 0) is 110 Å². The average Bonchev–Trinajstić information content (AvgIpc) is 3.10. The summed E-state index contributed by atoms with van der Waals surface area (Å²) >= 11 is 0. The highest BCUT2D eigenvalue weighted by atomic mass is 28.4. The van der Waals surface area contributed by atoms with E-state index in [9.17, 15) is 5.11 Å². The van der Waals surface area contributed by atoms with Crippen LogP contribution < -0.4 is 4.43 Å². The fourth-order valence-corrected chi connectivity index (χ4v) is 8.58. The van der Waals surface area contributed by atoms with Crippen LogP contribution in [-0.2, 0) is 17.3 Å². The third-order valence-corrected chi connectivity index (χ3v) is 19.6. The molecule has 5 heteroatoms. The molecule has 1 saturated carbocycles. The first-order valence-electron chi connectivity index (χ1n) is 15.6. The number of rotatable bonds is 11. The summed E-state index contributed by atoms with van der Waals surface area (Å²) in [5.74, 6) is 2.96. The molecule has 2 aliphatic rings. The van der Waals surface area contributed by atoms with Gasteiger partial charge in [0.25, 0.3) is 0 Å². The van der Waals surface area contributed by atoms with Crippen molar-refractivity contribution in [2.45, 2.75) is 155 Å². The molecule has 0 unspecified atom stereocenters. The second-order valence-corrected chi connectivity index (χ2v) is 25.1. The van der Waals surface area contributed by atoms with E-state index in [0.717, 1.165) is 50.7 Å². The van der Waals surface area contributed by atoms with Crippen LogP contribution in [0.3, 0.4) is 0 Å². The summed E-state index contributed by atoms with van der Waals surface area (Å²) in [5, 5.41) is 11.2. The SMILES string of the molecule is CCCCC[C@H](O)CC[C@@H]1[C@H]2Cc3cccc(O[Si](C)(C)C(C)(C)C)c3C[C@H]2C[C@H]1O[Si](C)(C)C(C)(C)C. The van der Waals surface area contributed by atoms with Gasteiger partial charge in [0.15, 0.2) is 8.32 Å². The molecule has 0 saturated heterocycles. The molecule has 38 heavy (non-hydrogen) atoms. The molecule has 0 amide bonds. The molecule has 218 valence electrons. The van der Waals surface area contributed by atoms with Crippen molar-refractivity contribution in [1.29, 1.82) is 0 Å². The number of fused-ring (bicyclic) bond motifs is 2. The van der Waals surface area contributed by atoms with Gasteiger partial charge >= 0.3 is 0 Å². The summed E-state index contributed by atoms with van der Waals surface area (Å²) in [6.45, 7) is 25.8. The van der Waals surface area contributed by atoms with E-state index in [4.69, 9.17) is 8.85 Å². The maximum atomic E-state index is 10.8. The van der Waals surface area contributed by atoms with Gasteiger partial charge in [-0.3, -0.25) is 0 Å². The van der Waals surface area contributed by atoms with Gasteiger partial charge in [0.1, 0.15) is 5.75 Å². The van der Waals surface area contributed by atoms with Crippen molar-refractivity contribution in [3.05, 3.63) is 29.3 Å². The third kappa shape index (κ3) is 7.36. The Kier molecular flexibility index (Phi) is 10.1. The maximum absolute atomic E-state index is 10.8. The highest BCUT2D eigenvalue weighted by molar-refractivity contribution is 6.75. The number of hydrogen-bond donors (Lipinski definition) is 1. The lowest BCUT2D eigenvalue weighted by atomic mass is 9.73. The molecule has 3 rings (SSSR count). The molecule has 0 spiro atoms. The third-order valence-electron chi connectivity index (χ3n) is 10.7. The van der Waals surface area contributed by atoms with Crippen LogP contribution in [0.1, 0.15) is 105 Å². The molecule has 1 aromatic rings. The lowest BCUT2D eigenvalue weighted by Crippen LogP contribution is -2.45. The lowest BCUT2D eigenvalue weighted by Gasteiger charge is -2.40. The number of benzene rings is 1. The number of hydrogen-bond acceptors (Lipinski definition) is 3. The van der Waals surface area contributed by atoms with E-state index in [0.29, 0.717) is 23.9 Å². The zero-order valence-electron chi connectivity index (χ0n) is 26.7. The minimum absolute atomic E-state index is 0.172. The molecule has 5 atom stereocenters. The second kappa shape index (κ2) is 12.1. The van der Waals surface area contributed by atoms with Gasteiger partial charge in [0.2, 0.25) is 8.32 Å². The first-order chi connectivity index (χ1) is 17.5. The van der Waals surface area contributed by atoms with Crippen molar-refractivity contribution in [2.24, 2.45) is 17.8 Å². The monoisotopic (exact) mass is 560 g/mol. The van der Waals surface area contributed by atoms with Crippen molar-refractivity contribution in [2.75, 3.05) is 0 Å². The van der Waals surface area contributed by atoms with Crippen molar-refractivity contribution < 1.29 is 14.0 Å². The molecule has 1 fully saturated rings. The van der Waals surface area contributed by atoms with Crippen LogP contribution >= 0.6 is 0 Å². The smallest absolute Gasteiger partial charge is 0.250 e. The molecule has 0 radical (unpaired) electrons. The zero-order chi connectivity index (χ0) is 28.5. The Morgan fingerprint density at radius 1 is 0.921 bits per heavy atom. The van der Waals surface area contributed by atoms with Crippen LogP contribution in [0.15, 0.2) is 18.2 Å². The molecular weight excluding hydrogens is 501 g/mol. The Balaban J connectivity index is 1.84. The summed E-state index contributed by atoms with van der Waals surface area (Å²) in [4.78, 5) is 0.